The minimum Gasteiger partial charge on any atom is -0.465 e. The van der Waals surface area contributed by atoms with E-state index < -0.39 is 36.2 Å². The van der Waals surface area contributed by atoms with E-state index in [-0.39, 0.29) is 43.9 Å². The second-order valence-electron chi connectivity index (χ2n) is 11.0. The van der Waals surface area contributed by atoms with Gasteiger partial charge in [0.15, 0.2) is 0 Å². The van der Waals surface area contributed by atoms with E-state index >= 15 is 0 Å². The summed E-state index contributed by atoms with van der Waals surface area (Å²) in [6.07, 6.45) is -0.815. The molecule has 11 heteroatoms. The van der Waals surface area contributed by atoms with Crippen molar-refractivity contribution in [3.63, 3.8) is 0 Å². The zero-order valence-electron chi connectivity index (χ0n) is 22.6. The van der Waals surface area contributed by atoms with Crippen LogP contribution < -0.4 is 5.32 Å². The Balaban J connectivity index is 1.67. The third kappa shape index (κ3) is 6.82. The third-order valence-corrected chi connectivity index (χ3v) is 7.68. The van der Waals surface area contributed by atoms with Crippen LogP contribution in [0.1, 0.15) is 50.7 Å². The zero-order chi connectivity index (χ0) is 28.2. The molecule has 0 radical (unpaired) electrons. The maximum absolute atomic E-state index is 13.5. The van der Waals surface area contributed by atoms with E-state index in [4.69, 9.17) is 0 Å². The number of aliphatic hydroxyl groups excluding tert-OH is 1. The molecule has 1 aliphatic rings. The first-order valence-corrected chi connectivity index (χ1v) is 13.6. The molecule has 1 aliphatic heterocycles. The molecule has 1 aromatic carbocycles. The van der Waals surface area contributed by atoms with Crippen LogP contribution in [-0.2, 0) is 9.59 Å². The Morgan fingerprint density at radius 3 is 2.11 bits per heavy atom. The number of carboxylic acid groups (broad SMARTS) is 1. The summed E-state index contributed by atoms with van der Waals surface area (Å²) in [4.78, 5) is 56.1. The maximum atomic E-state index is 13.5. The molecule has 1 fully saturated rings. The van der Waals surface area contributed by atoms with Gasteiger partial charge in [0, 0.05) is 36.4 Å². The van der Waals surface area contributed by atoms with E-state index in [1.807, 2.05) is 44.2 Å². The van der Waals surface area contributed by atoms with Crippen LogP contribution in [-0.4, -0.2) is 99.1 Å². The Bertz CT molecular complexity index is 1130. The van der Waals surface area contributed by atoms with Crippen LogP contribution in [0.2, 0.25) is 0 Å². The number of carbonyl (C=O) groups excluding carboxylic acids is 3. The molecular formula is C27H38N4O6S. The number of aliphatic hydroxyl groups is 1. The molecule has 1 aromatic heterocycles. The van der Waals surface area contributed by atoms with E-state index in [1.165, 1.54) is 16.2 Å². The molecule has 0 unspecified atom stereocenters. The largest absolute Gasteiger partial charge is 0.465 e. The Labute approximate surface area is 227 Å². The molecule has 2 heterocycles. The smallest absolute Gasteiger partial charge is 0.408 e. The van der Waals surface area contributed by atoms with Gasteiger partial charge in [0.05, 0.1) is 11.5 Å². The van der Waals surface area contributed by atoms with Gasteiger partial charge in [-0.15, -0.1) is 11.3 Å². The fourth-order valence-corrected chi connectivity index (χ4v) is 5.72. The van der Waals surface area contributed by atoms with E-state index in [1.54, 1.807) is 25.7 Å². The van der Waals surface area contributed by atoms with Gasteiger partial charge in [-0.3, -0.25) is 19.3 Å². The predicted molar refractivity (Wildman–Crippen MR) is 146 cm³/mol. The van der Waals surface area contributed by atoms with Crippen LogP contribution in [0.3, 0.4) is 0 Å². The molecule has 1 saturated heterocycles. The van der Waals surface area contributed by atoms with E-state index in [0.717, 1.165) is 15.0 Å². The highest BCUT2D eigenvalue weighted by atomic mass is 32.1. The number of carbonyl (C=O) groups is 4. The van der Waals surface area contributed by atoms with Crippen molar-refractivity contribution in [3.05, 3.63) is 35.2 Å². The molecule has 10 nitrogen and oxygen atoms in total. The first-order valence-electron chi connectivity index (χ1n) is 12.8. The molecule has 0 saturated carbocycles. The molecule has 4 amide bonds. The molecule has 2 atom stereocenters. The van der Waals surface area contributed by atoms with Crippen LogP contribution in [0.25, 0.3) is 10.1 Å². The summed E-state index contributed by atoms with van der Waals surface area (Å²) >= 11 is 1.38. The summed E-state index contributed by atoms with van der Waals surface area (Å²) in [5, 5.41) is 23.4. The van der Waals surface area contributed by atoms with Crippen LogP contribution >= 0.6 is 11.3 Å². The van der Waals surface area contributed by atoms with Gasteiger partial charge in [-0.1, -0.05) is 32.0 Å². The molecule has 0 bridgehead atoms. The van der Waals surface area contributed by atoms with Crippen molar-refractivity contribution >= 4 is 45.2 Å². The first-order chi connectivity index (χ1) is 17.8. The van der Waals surface area contributed by atoms with Gasteiger partial charge in [0.2, 0.25) is 11.8 Å². The average molecular weight is 547 g/mol. The van der Waals surface area contributed by atoms with Crippen LogP contribution in [0, 0.1) is 5.92 Å². The summed E-state index contributed by atoms with van der Waals surface area (Å²) in [7, 11) is 0. The van der Waals surface area contributed by atoms with E-state index in [9.17, 15) is 29.4 Å². The van der Waals surface area contributed by atoms with Gasteiger partial charge in [0.25, 0.3) is 5.91 Å². The van der Waals surface area contributed by atoms with Crippen molar-refractivity contribution in [1.29, 1.82) is 0 Å². The molecule has 3 rings (SSSR count). The van der Waals surface area contributed by atoms with Gasteiger partial charge < -0.3 is 25.3 Å². The topological polar surface area (TPSA) is 130 Å². The number of hydrogen-bond acceptors (Lipinski definition) is 6. The number of amides is 4. The van der Waals surface area contributed by atoms with Crippen molar-refractivity contribution in [2.24, 2.45) is 5.92 Å². The third-order valence-electron chi connectivity index (χ3n) is 6.56. The number of fused-ring (bicyclic) bond motifs is 1. The van der Waals surface area contributed by atoms with Crippen LogP contribution in [0.15, 0.2) is 30.3 Å². The summed E-state index contributed by atoms with van der Waals surface area (Å²) in [5.41, 5.74) is -0.886. The van der Waals surface area contributed by atoms with Crippen LogP contribution in [0.5, 0.6) is 0 Å². The summed E-state index contributed by atoms with van der Waals surface area (Å²) < 4.78 is 0.999. The Hall–Kier alpha value is -3.18. The van der Waals surface area contributed by atoms with Crippen molar-refractivity contribution < 1.29 is 29.4 Å². The van der Waals surface area contributed by atoms with Gasteiger partial charge in [-0.25, -0.2) is 4.79 Å². The number of rotatable bonds is 8. The van der Waals surface area contributed by atoms with Crippen LogP contribution in [0.4, 0.5) is 4.79 Å². The summed E-state index contributed by atoms with van der Waals surface area (Å²) in [6, 6.07) is 7.61. The maximum Gasteiger partial charge on any atom is 0.408 e. The van der Waals surface area contributed by atoms with Crippen molar-refractivity contribution in [2.75, 3.05) is 32.8 Å². The highest BCUT2D eigenvalue weighted by Gasteiger charge is 2.40. The van der Waals surface area contributed by atoms with Gasteiger partial charge in [0.1, 0.15) is 12.1 Å². The molecule has 0 aliphatic carbocycles. The molecule has 2 aromatic rings. The summed E-state index contributed by atoms with van der Waals surface area (Å²) in [5.74, 6) is -0.825. The number of nitrogens with zero attached hydrogens (tertiary/aromatic N) is 3. The first kappa shape index (κ1) is 29.4. The highest BCUT2D eigenvalue weighted by Crippen LogP contribution is 2.26. The predicted octanol–water partition coefficient (Wildman–Crippen LogP) is 2.86. The Morgan fingerprint density at radius 1 is 1.03 bits per heavy atom. The standard InChI is InChI=1S/C27H38N4O6S/c1-17(2)14-19(28-23(33)22-15-18-8-6-7-9-21(18)38-22)24(34)29-10-12-30(13-11-29)25(35)20(16-32)31(26(36)37)27(3,4)5/h6-9,15,17,19-20,32H,10-14,16H2,1-5H3,(H,28,33)(H,36,37)/t19-,20-/m0/s1. The second-order valence-corrected chi connectivity index (χ2v) is 12.1. The van der Waals surface area contributed by atoms with Gasteiger partial charge in [-0.05, 0) is 50.6 Å². The van der Waals surface area contributed by atoms with Gasteiger partial charge in [-0.2, -0.15) is 0 Å². The molecule has 208 valence electrons. The minimum atomic E-state index is -1.29. The lowest BCUT2D eigenvalue weighted by Gasteiger charge is -2.42. The number of piperazine rings is 1. The van der Waals surface area contributed by atoms with E-state index in [2.05, 4.69) is 5.32 Å². The fourth-order valence-electron chi connectivity index (χ4n) is 4.75. The second kappa shape index (κ2) is 12.1. The molecule has 38 heavy (non-hydrogen) atoms. The minimum absolute atomic E-state index is 0.166. The lowest BCUT2D eigenvalue weighted by molar-refractivity contribution is -0.145. The lowest BCUT2D eigenvalue weighted by atomic mass is 10.0. The lowest BCUT2D eigenvalue weighted by Crippen LogP contribution is -2.62. The Morgan fingerprint density at radius 2 is 1.61 bits per heavy atom. The quantitative estimate of drug-likeness (QED) is 0.467. The van der Waals surface area contributed by atoms with Crippen molar-refractivity contribution in [3.8, 4) is 0 Å². The van der Waals surface area contributed by atoms with Gasteiger partial charge >= 0.3 is 6.09 Å². The number of nitrogens with one attached hydrogen (secondary N) is 1. The van der Waals surface area contributed by atoms with E-state index in [0.29, 0.717) is 11.3 Å². The van der Waals surface area contributed by atoms with Crippen molar-refractivity contribution in [1.82, 2.24) is 20.0 Å². The fraction of sp³-hybridized carbons (Fsp3) is 0.556. The zero-order valence-corrected chi connectivity index (χ0v) is 23.5. The summed E-state index contributed by atoms with van der Waals surface area (Å²) in [6.45, 7) is 9.23. The molecular weight excluding hydrogens is 508 g/mol. The normalized spacial score (nSPS) is 15.9. The SMILES string of the molecule is CC(C)C[C@H](NC(=O)c1cc2ccccc2s1)C(=O)N1CCN(C(=O)[C@H](CO)N(C(=O)O)C(C)(C)C)CC1. The Kier molecular flexibility index (Phi) is 9.37. The monoisotopic (exact) mass is 546 g/mol. The number of thiophene rings is 1. The number of benzene rings is 1. The molecule has 0 spiro atoms. The highest BCUT2D eigenvalue weighted by molar-refractivity contribution is 7.20. The van der Waals surface area contributed by atoms with Crippen molar-refractivity contribution in [2.45, 2.75) is 58.7 Å². The average Bonchev–Trinajstić information content (AvgIpc) is 3.29. The molecule has 3 N–H and O–H groups in total. The number of hydrogen-bond donors (Lipinski definition) is 3.